The van der Waals surface area contributed by atoms with E-state index in [2.05, 4.69) is 15.9 Å². The number of hydrogen-bond acceptors (Lipinski definition) is 4. The van der Waals surface area contributed by atoms with E-state index in [0.29, 0.717) is 19.6 Å². The second kappa shape index (κ2) is 8.39. The van der Waals surface area contributed by atoms with Crippen molar-refractivity contribution in [2.75, 3.05) is 26.2 Å². The average molecular weight is 363 g/mol. The summed E-state index contributed by atoms with van der Waals surface area (Å²) >= 11 is 5.00. The fourth-order valence-corrected chi connectivity index (χ4v) is 3.26. The third-order valence-electron chi connectivity index (χ3n) is 2.87. The molecular formula is C13H19BrN2O3S. The van der Waals surface area contributed by atoms with Gasteiger partial charge in [-0.15, -0.1) is 11.3 Å². The summed E-state index contributed by atoms with van der Waals surface area (Å²) in [5.74, 6) is -0.954. The Morgan fingerprint density at radius 2 is 1.95 bits per heavy atom. The molecule has 112 valence electrons. The first-order valence-electron chi connectivity index (χ1n) is 6.42. The van der Waals surface area contributed by atoms with Crippen LogP contribution >= 0.6 is 27.3 Å². The van der Waals surface area contributed by atoms with Crippen LogP contribution < -0.4 is 0 Å². The molecule has 0 atom stereocenters. The lowest BCUT2D eigenvalue weighted by Crippen LogP contribution is -2.41. The summed E-state index contributed by atoms with van der Waals surface area (Å²) < 4.78 is 1.04. The molecule has 1 N–H and O–H groups in total. The van der Waals surface area contributed by atoms with Gasteiger partial charge in [-0.25, -0.2) is 0 Å². The molecule has 0 saturated carbocycles. The normalized spacial score (nSPS) is 10.8. The standard InChI is InChI=1S/C13H19BrN2O3S/c1-3-15(9-13(18)19)8-12(17)16(4-2)7-10-5-6-11(14)20-10/h5-6H,3-4,7-9H2,1-2H3,(H,18,19). The molecule has 1 heterocycles. The number of thiophene rings is 1. The zero-order chi connectivity index (χ0) is 15.1. The molecule has 0 aliphatic rings. The van der Waals surface area contributed by atoms with E-state index in [4.69, 9.17) is 5.11 Å². The van der Waals surface area contributed by atoms with Gasteiger partial charge >= 0.3 is 5.97 Å². The highest BCUT2D eigenvalue weighted by molar-refractivity contribution is 9.11. The molecule has 0 fully saturated rings. The predicted molar refractivity (Wildman–Crippen MR) is 82.9 cm³/mol. The zero-order valence-electron chi connectivity index (χ0n) is 11.6. The summed E-state index contributed by atoms with van der Waals surface area (Å²) in [4.78, 5) is 27.4. The quantitative estimate of drug-likeness (QED) is 0.770. The molecule has 1 aromatic heterocycles. The fraction of sp³-hybridized carbons (Fsp3) is 0.538. The van der Waals surface area contributed by atoms with Crippen LogP contribution in [0.15, 0.2) is 15.9 Å². The molecule has 0 saturated heterocycles. The van der Waals surface area contributed by atoms with Crippen LogP contribution in [-0.2, 0) is 16.1 Å². The summed E-state index contributed by atoms with van der Waals surface area (Å²) in [6.07, 6.45) is 0. The van der Waals surface area contributed by atoms with Gasteiger partial charge in [0, 0.05) is 11.4 Å². The third-order valence-corrected chi connectivity index (χ3v) is 4.48. The first kappa shape index (κ1) is 17.1. The number of carbonyl (C=O) groups excluding carboxylic acids is 1. The first-order valence-corrected chi connectivity index (χ1v) is 8.03. The monoisotopic (exact) mass is 362 g/mol. The number of carboxylic acids is 1. The van der Waals surface area contributed by atoms with Gasteiger partial charge in [0.25, 0.3) is 0 Å². The van der Waals surface area contributed by atoms with Gasteiger partial charge in [-0.2, -0.15) is 0 Å². The summed E-state index contributed by atoms with van der Waals surface area (Å²) in [5.41, 5.74) is 0. The van der Waals surface area contributed by atoms with Crippen molar-refractivity contribution in [1.82, 2.24) is 9.80 Å². The van der Waals surface area contributed by atoms with Crippen molar-refractivity contribution in [1.29, 1.82) is 0 Å². The van der Waals surface area contributed by atoms with E-state index in [1.54, 1.807) is 21.1 Å². The minimum Gasteiger partial charge on any atom is -0.480 e. The Kier molecular flexibility index (Phi) is 7.18. The van der Waals surface area contributed by atoms with Gasteiger partial charge in [0.1, 0.15) is 0 Å². The number of likely N-dealkylation sites (N-methyl/N-ethyl adjacent to an activating group) is 2. The number of halogens is 1. The minimum absolute atomic E-state index is 0.0416. The number of amides is 1. The molecular weight excluding hydrogens is 344 g/mol. The van der Waals surface area contributed by atoms with Gasteiger partial charge in [0.2, 0.25) is 5.91 Å². The van der Waals surface area contributed by atoms with E-state index in [1.165, 1.54) is 0 Å². The van der Waals surface area contributed by atoms with E-state index in [0.717, 1.165) is 8.66 Å². The van der Waals surface area contributed by atoms with Crippen LogP contribution in [0.2, 0.25) is 0 Å². The van der Waals surface area contributed by atoms with E-state index >= 15 is 0 Å². The Bertz CT molecular complexity index is 464. The molecule has 1 aromatic rings. The summed E-state index contributed by atoms with van der Waals surface area (Å²) in [5, 5.41) is 8.79. The Morgan fingerprint density at radius 1 is 1.25 bits per heavy atom. The van der Waals surface area contributed by atoms with Crippen molar-refractivity contribution in [3.8, 4) is 0 Å². The summed E-state index contributed by atoms with van der Waals surface area (Å²) in [7, 11) is 0. The number of rotatable bonds is 8. The maximum absolute atomic E-state index is 12.2. The topological polar surface area (TPSA) is 60.9 Å². The molecule has 0 aliphatic carbocycles. The van der Waals surface area contributed by atoms with Crippen LogP contribution in [0.5, 0.6) is 0 Å². The number of nitrogens with zero attached hydrogens (tertiary/aromatic N) is 2. The molecule has 0 aromatic carbocycles. The Hall–Kier alpha value is -0.920. The van der Waals surface area contributed by atoms with Crippen molar-refractivity contribution in [2.45, 2.75) is 20.4 Å². The van der Waals surface area contributed by atoms with Crippen molar-refractivity contribution < 1.29 is 14.7 Å². The van der Waals surface area contributed by atoms with Gasteiger partial charge < -0.3 is 10.0 Å². The zero-order valence-corrected chi connectivity index (χ0v) is 14.0. The Morgan fingerprint density at radius 3 is 2.40 bits per heavy atom. The highest BCUT2D eigenvalue weighted by Gasteiger charge is 2.17. The lowest BCUT2D eigenvalue weighted by molar-refractivity contribution is -0.139. The molecule has 1 amide bonds. The maximum Gasteiger partial charge on any atom is 0.317 e. The van der Waals surface area contributed by atoms with Crippen molar-refractivity contribution >= 4 is 39.1 Å². The van der Waals surface area contributed by atoms with Crippen LogP contribution in [0.3, 0.4) is 0 Å². The highest BCUT2D eigenvalue weighted by Crippen LogP contribution is 2.23. The fourth-order valence-electron chi connectivity index (χ4n) is 1.76. The summed E-state index contributed by atoms with van der Waals surface area (Å²) in [6, 6.07) is 3.95. The Balaban J connectivity index is 2.59. The minimum atomic E-state index is -0.912. The average Bonchev–Trinajstić information content (AvgIpc) is 2.79. The number of hydrogen-bond donors (Lipinski definition) is 1. The van der Waals surface area contributed by atoms with Gasteiger partial charge in [-0.3, -0.25) is 14.5 Å². The molecule has 0 radical (unpaired) electrons. The predicted octanol–water partition coefficient (Wildman–Crippen LogP) is 2.27. The Labute approximate surface area is 131 Å². The highest BCUT2D eigenvalue weighted by atomic mass is 79.9. The molecule has 7 heteroatoms. The van der Waals surface area contributed by atoms with Gasteiger partial charge in [-0.05, 0) is 41.5 Å². The SMILES string of the molecule is CCN(CC(=O)O)CC(=O)N(CC)Cc1ccc(Br)s1. The van der Waals surface area contributed by atoms with Gasteiger partial charge in [0.15, 0.2) is 0 Å². The van der Waals surface area contributed by atoms with Crippen LogP contribution in [0.1, 0.15) is 18.7 Å². The van der Waals surface area contributed by atoms with Gasteiger partial charge in [-0.1, -0.05) is 6.92 Å². The van der Waals surface area contributed by atoms with Crippen molar-refractivity contribution in [2.24, 2.45) is 0 Å². The largest absolute Gasteiger partial charge is 0.480 e. The van der Waals surface area contributed by atoms with Crippen molar-refractivity contribution in [3.63, 3.8) is 0 Å². The van der Waals surface area contributed by atoms with Crippen LogP contribution in [0.25, 0.3) is 0 Å². The molecule has 5 nitrogen and oxygen atoms in total. The number of aliphatic carboxylic acids is 1. The summed E-state index contributed by atoms with van der Waals surface area (Å²) in [6.45, 7) is 5.53. The van der Waals surface area contributed by atoms with E-state index in [-0.39, 0.29) is 19.0 Å². The lowest BCUT2D eigenvalue weighted by atomic mass is 10.3. The van der Waals surface area contributed by atoms with Crippen LogP contribution in [-0.4, -0.2) is 53.0 Å². The second-order valence-electron chi connectivity index (χ2n) is 4.31. The first-order chi connectivity index (χ1) is 9.46. The third kappa shape index (κ3) is 5.60. The lowest BCUT2D eigenvalue weighted by Gasteiger charge is -2.24. The number of carbonyl (C=O) groups is 2. The molecule has 0 unspecified atom stereocenters. The van der Waals surface area contributed by atoms with Crippen LogP contribution in [0.4, 0.5) is 0 Å². The smallest absolute Gasteiger partial charge is 0.317 e. The van der Waals surface area contributed by atoms with E-state index < -0.39 is 5.97 Å². The molecule has 20 heavy (non-hydrogen) atoms. The second-order valence-corrected chi connectivity index (χ2v) is 6.86. The number of carboxylic acid groups (broad SMARTS) is 1. The maximum atomic E-state index is 12.2. The van der Waals surface area contributed by atoms with Crippen molar-refractivity contribution in [3.05, 3.63) is 20.8 Å². The molecule has 0 bridgehead atoms. The molecule has 1 rings (SSSR count). The van der Waals surface area contributed by atoms with Gasteiger partial charge in [0.05, 0.1) is 23.4 Å². The molecule has 0 spiro atoms. The van der Waals surface area contributed by atoms with E-state index in [1.807, 2.05) is 26.0 Å². The molecule has 0 aliphatic heterocycles. The van der Waals surface area contributed by atoms with Crippen LogP contribution in [0, 0.1) is 0 Å². The van der Waals surface area contributed by atoms with E-state index in [9.17, 15) is 9.59 Å².